The van der Waals surface area contributed by atoms with Gasteiger partial charge in [0.1, 0.15) is 0 Å². The van der Waals surface area contributed by atoms with Crippen LogP contribution in [0.3, 0.4) is 0 Å². The van der Waals surface area contributed by atoms with Gasteiger partial charge < -0.3 is 19.2 Å². The Labute approximate surface area is 176 Å². The molecule has 0 bridgehead atoms. The van der Waals surface area contributed by atoms with Gasteiger partial charge >= 0.3 is 16.8 Å². The zero-order chi connectivity index (χ0) is 21.7. The summed E-state index contributed by atoms with van der Waals surface area (Å²) in [6.45, 7) is 21.7. The average molecular weight is 425 g/mol. The number of ketones is 4. The quantitative estimate of drug-likeness (QED) is 0.477. The summed E-state index contributed by atoms with van der Waals surface area (Å²) in [6.07, 6.45) is 2.44. The fraction of sp³-hybridized carbons (Fsp3) is 0.727. The maximum atomic E-state index is 11.4. The molecule has 0 aromatic heterocycles. The molecule has 0 atom stereocenters. The van der Waals surface area contributed by atoms with Crippen LogP contribution in [0, 0.1) is 34.5 Å². The van der Waals surface area contributed by atoms with Crippen molar-refractivity contribution < 1.29 is 36.0 Å². The zero-order valence-corrected chi connectivity index (χ0v) is 20.2. The molecule has 1 radical (unpaired) electrons. The molecule has 0 saturated heterocycles. The molecule has 0 heterocycles. The molecule has 0 aliphatic rings. The minimum Gasteiger partial charge on any atom is -0.333 e. The summed E-state index contributed by atoms with van der Waals surface area (Å²) in [6, 6.07) is 0. The van der Waals surface area contributed by atoms with E-state index in [1.165, 1.54) is 12.8 Å². The van der Waals surface area contributed by atoms with Gasteiger partial charge in [0.15, 0.2) is 0 Å². The van der Waals surface area contributed by atoms with Crippen molar-refractivity contribution in [1.29, 1.82) is 0 Å². The van der Waals surface area contributed by atoms with E-state index in [4.69, 9.17) is 0 Å². The molecule has 27 heavy (non-hydrogen) atoms. The van der Waals surface area contributed by atoms with E-state index in [-0.39, 0.29) is 39.9 Å². The molecule has 0 fully saturated rings. The molecule has 0 aromatic rings. The fourth-order valence-electron chi connectivity index (χ4n) is 1.10. The third-order valence-corrected chi connectivity index (χ3v) is 3.48. The van der Waals surface area contributed by atoms with Gasteiger partial charge in [-0.15, -0.1) is 0 Å². The van der Waals surface area contributed by atoms with Gasteiger partial charge in [-0.3, -0.25) is 12.8 Å². The van der Waals surface area contributed by atoms with Crippen molar-refractivity contribution in [3.8, 4) is 0 Å². The number of hydrogen-bond acceptors (Lipinski definition) is 4. The summed E-state index contributed by atoms with van der Waals surface area (Å²) in [5.41, 5.74) is -1.83. The summed E-state index contributed by atoms with van der Waals surface area (Å²) < 4.78 is 0. The Morgan fingerprint density at radius 3 is 0.593 bits per heavy atom. The molecular formula is C22H38CoO4. The molecular weight excluding hydrogens is 387 g/mol. The predicted molar refractivity (Wildman–Crippen MR) is 106 cm³/mol. The largest absolute Gasteiger partial charge is 2.00 e. The van der Waals surface area contributed by atoms with E-state index in [1.807, 2.05) is 83.1 Å². The molecule has 0 rings (SSSR count). The van der Waals surface area contributed by atoms with Crippen LogP contribution in [-0.2, 0) is 36.0 Å². The van der Waals surface area contributed by atoms with E-state index in [9.17, 15) is 19.2 Å². The van der Waals surface area contributed by atoms with Crippen molar-refractivity contribution in [2.24, 2.45) is 21.7 Å². The number of hydrogen-bond donors (Lipinski definition) is 0. The van der Waals surface area contributed by atoms with Crippen LogP contribution in [0.1, 0.15) is 83.1 Å². The number of carbonyl (C=O) groups excluding carboxylic acids is 4. The average Bonchev–Trinajstić information content (AvgIpc) is 2.34. The number of rotatable bonds is 4. The Morgan fingerprint density at radius 2 is 0.519 bits per heavy atom. The van der Waals surface area contributed by atoms with Crippen LogP contribution in [0.25, 0.3) is 0 Å². The first-order valence-corrected chi connectivity index (χ1v) is 8.97. The van der Waals surface area contributed by atoms with Crippen LogP contribution < -0.4 is 0 Å². The van der Waals surface area contributed by atoms with Crippen LogP contribution in [0.2, 0.25) is 0 Å². The van der Waals surface area contributed by atoms with Crippen molar-refractivity contribution in [3.05, 3.63) is 12.8 Å². The Kier molecular flexibility index (Phi) is 11.9. The van der Waals surface area contributed by atoms with Crippen molar-refractivity contribution in [1.82, 2.24) is 0 Å². The van der Waals surface area contributed by atoms with Gasteiger partial charge in [-0.2, -0.15) is 0 Å². The molecule has 0 saturated carbocycles. The van der Waals surface area contributed by atoms with Gasteiger partial charge in [0, 0.05) is 23.1 Å². The van der Waals surface area contributed by atoms with Crippen LogP contribution in [0.15, 0.2) is 0 Å². The molecule has 0 aliphatic heterocycles. The third kappa shape index (κ3) is 13.7. The van der Waals surface area contributed by atoms with E-state index in [2.05, 4.69) is 0 Å². The number of Topliss-reactive ketones (excluding diaryl/α,β-unsaturated/α-hetero) is 4. The van der Waals surface area contributed by atoms with Crippen LogP contribution in [-0.4, -0.2) is 23.1 Å². The summed E-state index contributed by atoms with van der Waals surface area (Å²) in [7, 11) is 0. The second-order valence-corrected chi connectivity index (χ2v) is 10.7. The van der Waals surface area contributed by atoms with E-state index < -0.39 is 21.7 Å². The number of carbonyl (C=O) groups is 4. The van der Waals surface area contributed by atoms with Crippen LogP contribution >= 0.6 is 0 Å². The molecule has 0 aromatic carbocycles. The zero-order valence-electron chi connectivity index (χ0n) is 19.1. The van der Waals surface area contributed by atoms with E-state index in [0.717, 1.165) is 0 Å². The van der Waals surface area contributed by atoms with Gasteiger partial charge in [-0.1, -0.05) is 83.1 Å². The summed E-state index contributed by atoms with van der Waals surface area (Å²) >= 11 is 0. The molecule has 0 spiro atoms. The van der Waals surface area contributed by atoms with Crippen molar-refractivity contribution in [2.75, 3.05) is 0 Å². The van der Waals surface area contributed by atoms with Gasteiger partial charge in [-0.05, 0) is 21.7 Å². The summed E-state index contributed by atoms with van der Waals surface area (Å²) in [5.74, 6) is -0.417. The minimum atomic E-state index is -0.457. The molecule has 159 valence electrons. The van der Waals surface area contributed by atoms with Gasteiger partial charge in [0.25, 0.3) is 0 Å². The molecule has 5 heteroatoms. The van der Waals surface area contributed by atoms with E-state index in [0.29, 0.717) is 0 Å². The monoisotopic (exact) mass is 425 g/mol. The van der Waals surface area contributed by atoms with Crippen molar-refractivity contribution in [2.45, 2.75) is 83.1 Å². The van der Waals surface area contributed by atoms with Crippen LogP contribution in [0.4, 0.5) is 0 Å². The van der Waals surface area contributed by atoms with Crippen LogP contribution in [0.5, 0.6) is 0 Å². The third-order valence-electron chi connectivity index (χ3n) is 3.48. The second kappa shape index (κ2) is 10.5. The standard InChI is InChI=1S/2C11H19O2.Co/c2*1-10(2,3)8(12)7-9(13)11(4,5)6;/h2*7H,1-6H3;/q2*-1;+2. The predicted octanol–water partition coefficient (Wildman–Crippen LogP) is 4.84. The molecule has 0 unspecified atom stereocenters. The molecule has 4 nitrogen and oxygen atoms in total. The fourth-order valence-corrected chi connectivity index (χ4v) is 1.10. The summed E-state index contributed by atoms with van der Waals surface area (Å²) in [4.78, 5) is 45.8. The Morgan fingerprint density at radius 1 is 0.407 bits per heavy atom. The second-order valence-electron chi connectivity index (χ2n) is 10.7. The normalized spacial score (nSPS) is 12.0. The molecule has 0 aliphatic carbocycles. The van der Waals surface area contributed by atoms with Gasteiger partial charge in [0.05, 0.1) is 0 Å². The van der Waals surface area contributed by atoms with Gasteiger partial charge in [-0.25, -0.2) is 0 Å². The van der Waals surface area contributed by atoms with Gasteiger partial charge in [0.2, 0.25) is 0 Å². The first-order valence-electron chi connectivity index (χ1n) is 8.97. The van der Waals surface area contributed by atoms with Crippen molar-refractivity contribution >= 4 is 23.1 Å². The Bertz CT molecular complexity index is 435. The van der Waals surface area contributed by atoms with E-state index >= 15 is 0 Å². The topological polar surface area (TPSA) is 68.3 Å². The SMILES string of the molecule is CC(C)(C)C(=O)[CH-]C(=O)C(C)(C)C.CC(C)(C)C(=O)[CH-]C(=O)C(C)(C)C.[Co+2]. The first-order chi connectivity index (χ1) is 11.1. The first kappa shape index (κ1) is 30.6. The minimum absolute atomic E-state index is 0. The Hall–Kier alpha value is -1.07. The maximum absolute atomic E-state index is 11.4. The Balaban J connectivity index is -0.000000411. The smallest absolute Gasteiger partial charge is 0.333 e. The maximum Gasteiger partial charge on any atom is 2.00 e. The summed E-state index contributed by atoms with van der Waals surface area (Å²) in [5, 5.41) is 0. The molecule has 0 N–H and O–H groups in total. The molecule has 0 amide bonds. The van der Waals surface area contributed by atoms with Crippen molar-refractivity contribution in [3.63, 3.8) is 0 Å². The van der Waals surface area contributed by atoms with E-state index in [1.54, 1.807) is 0 Å².